The third kappa shape index (κ3) is 4.06. The first kappa shape index (κ1) is 15.5. The number of carbonyl (C=O) groups is 1. The van der Waals surface area contributed by atoms with E-state index in [1.54, 1.807) is 24.4 Å². The highest BCUT2D eigenvalue weighted by Crippen LogP contribution is 2.26. The Hall–Kier alpha value is -1.85. The van der Waals surface area contributed by atoms with Crippen LogP contribution < -0.4 is 5.32 Å². The molecule has 6 heteroatoms. The number of benzene rings is 1. The predicted molar refractivity (Wildman–Crippen MR) is 86.1 cm³/mol. The molecular formula is C15H15ClN2O2S. The molecule has 2 aromatic rings. The van der Waals surface area contributed by atoms with Gasteiger partial charge in [-0.1, -0.05) is 35.9 Å². The minimum atomic E-state index is -0.467. The van der Waals surface area contributed by atoms with E-state index < -0.39 is 12.1 Å². The van der Waals surface area contributed by atoms with Gasteiger partial charge in [0.25, 0.3) is 0 Å². The number of thiazole rings is 1. The molecule has 1 heterocycles. The van der Waals surface area contributed by atoms with Gasteiger partial charge in [0.05, 0.1) is 0 Å². The van der Waals surface area contributed by atoms with Crippen molar-refractivity contribution < 1.29 is 9.53 Å². The number of nitrogens with zero attached hydrogens (tertiary/aromatic N) is 1. The minimum absolute atomic E-state index is 0.283. The summed E-state index contributed by atoms with van der Waals surface area (Å²) in [5.74, 6) is -0.467. The van der Waals surface area contributed by atoms with E-state index in [1.807, 2.05) is 18.2 Å². The number of esters is 1. The molecule has 2 rings (SSSR count). The molecular weight excluding hydrogens is 308 g/mol. The van der Waals surface area contributed by atoms with Crippen molar-refractivity contribution in [2.45, 2.75) is 13.0 Å². The highest BCUT2D eigenvalue weighted by molar-refractivity contribution is 7.13. The Morgan fingerprint density at radius 3 is 3.05 bits per heavy atom. The second-order valence-electron chi connectivity index (χ2n) is 4.28. The smallest absolute Gasteiger partial charge is 0.358 e. The summed E-state index contributed by atoms with van der Waals surface area (Å²) in [6.07, 6.45) is 1.29. The maximum absolute atomic E-state index is 12.1. The molecule has 0 fully saturated rings. The van der Waals surface area contributed by atoms with Crippen LogP contribution in [0.15, 0.2) is 42.3 Å². The van der Waals surface area contributed by atoms with Crippen molar-refractivity contribution in [1.82, 2.24) is 4.98 Å². The van der Waals surface area contributed by atoms with Crippen LogP contribution in [-0.4, -0.2) is 17.5 Å². The fourth-order valence-electron chi connectivity index (χ4n) is 1.70. The van der Waals surface area contributed by atoms with Gasteiger partial charge in [-0.25, -0.2) is 9.78 Å². The lowest BCUT2D eigenvalue weighted by Gasteiger charge is -2.13. The van der Waals surface area contributed by atoms with Crippen molar-refractivity contribution in [3.05, 3.63) is 58.6 Å². The van der Waals surface area contributed by atoms with Gasteiger partial charge in [0.2, 0.25) is 0 Å². The fourth-order valence-corrected chi connectivity index (χ4v) is 2.68. The van der Waals surface area contributed by atoms with Gasteiger partial charge in [-0.3, -0.25) is 0 Å². The molecule has 0 saturated heterocycles. The predicted octanol–water partition coefficient (Wildman–Crippen LogP) is 4.31. The van der Waals surface area contributed by atoms with Crippen LogP contribution >= 0.6 is 22.9 Å². The molecule has 4 nitrogen and oxygen atoms in total. The van der Waals surface area contributed by atoms with Crippen LogP contribution in [0.3, 0.4) is 0 Å². The summed E-state index contributed by atoms with van der Waals surface area (Å²) in [6, 6.07) is 7.28. The first-order valence-electron chi connectivity index (χ1n) is 6.37. The fraction of sp³-hybridized carbons (Fsp3) is 0.200. The summed E-state index contributed by atoms with van der Waals surface area (Å²) in [5.41, 5.74) is 1.05. The van der Waals surface area contributed by atoms with Crippen LogP contribution in [0.2, 0.25) is 5.02 Å². The quantitative estimate of drug-likeness (QED) is 0.636. The monoisotopic (exact) mass is 322 g/mol. The number of rotatable bonds is 6. The molecule has 0 aliphatic heterocycles. The van der Waals surface area contributed by atoms with Crippen molar-refractivity contribution in [3.8, 4) is 0 Å². The standard InChI is InChI=1S/C15H15ClN2O2S/c1-3-8-17-15-18-13(9-21-15)14(19)20-10(2)11-6-4-5-7-12(11)16/h3-7,9-10H,1,8H2,2H3,(H,17,18)/t10-/m1/s1. The zero-order valence-corrected chi connectivity index (χ0v) is 13.1. The van der Waals surface area contributed by atoms with Gasteiger partial charge in [0.15, 0.2) is 10.8 Å². The Morgan fingerprint density at radius 2 is 2.33 bits per heavy atom. The molecule has 0 radical (unpaired) electrons. The lowest BCUT2D eigenvalue weighted by molar-refractivity contribution is 0.0332. The van der Waals surface area contributed by atoms with Gasteiger partial charge in [-0.2, -0.15) is 0 Å². The average molecular weight is 323 g/mol. The second-order valence-corrected chi connectivity index (χ2v) is 5.54. The number of carbonyl (C=O) groups excluding carboxylic acids is 1. The molecule has 0 aliphatic carbocycles. The van der Waals surface area contributed by atoms with Crippen LogP contribution in [0.25, 0.3) is 0 Å². The number of aromatic nitrogens is 1. The molecule has 1 atom stereocenters. The molecule has 0 unspecified atom stereocenters. The summed E-state index contributed by atoms with van der Waals surface area (Å²) in [5, 5.41) is 5.92. The number of ether oxygens (including phenoxy) is 1. The molecule has 0 bridgehead atoms. The Bertz CT molecular complexity index is 642. The molecule has 0 amide bonds. The Morgan fingerprint density at radius 1 is 1.57 bits per heavy atom. The number of hydrogen-bond acceptors (Lipinski definition) is 5. The average Bonchev–Trinajstić information content (AvgIpc) is 2.94. The van der Waals surface area contributed by atoms with Crippen molar-refractivity contribution in [2.75, 3.05) is 11.9 Å². The van der Waals surface area contributed by atoms with Gasteiger partial charge >= 0.3 is 5.97 Å². The highest BCUT2D eigenvalue weighted by atomic mass is 35.5. The first-order valence-corrected chi connectivity index (χ1v) is 7.63. The van der Waals surface area contributed by atoms with Gasteiger partial charge in [0.1, 0.15) is 6.10 Å². The second kappa shape index (κ2) is 7.24. The van der Waals surface area contributed by atoms with E-state index >= 15 is 0 Å². The van der Waals surface area contributed by atoms with Gasteiger partial charge in [0, 0.05) is 22.5 Å². The molecule has 1 N–H and O–H groups in total. The van der Waals surface area contributed by atoms with Crippen LogP contribution in [0, 0.1) is 0 Å². The van der Waals surface area contributed by atoms with E-state index in [2.05, 4.69) is 16.9 Å². The van der Waals surface area contributed by atoms with Gasteiger partial charge < -0.3 is 10.1 Å². The van der Waals surface area contributed by atoms with Crippen LogP contribution in [0.1, 0.15) is 29.1 Å². The van der Waals surface area contributed by atoms with Crippen LogP contribution in [-0.2, 0) is 4.74 Å². The minimum Gasteiger partial charge on any atom is -0.453 e. The highest BCUT2D eigenvalue weighted by Gasteiger charge is 2.18. The van der Waals surface area contributed by atoms with Crippen molar-refractivity contribution in [1.29, 1.82) is 0 Å². The van der Waals surface area contributed by atoms with Crippen molar-refractivity contribution in [3.63, 3.8) is 0 Å². The van der Waals surface area contributed by atoms with E-state index in [9.17, 15) is 4.79 Å². The molecule has 1 aromatic heterocycles. The summed E-state index contributed by atoms with van der Waals surface area (Å²) >= 11 is 7.43. The lowest BCUT2D eigenvalue weighted by atomic mass is 10.1. The van der Waals surface area contributed by atoms with Crippen LogP contribution in [0.4, 0.5) is 5.13 Å². The number of anilines is 1. The molecule has 0 spiro atoms. The maximum Gasteiger partial charge on any atom is 0.358 e. The summed E-state index contributed by atoms with van der Waals surface area (Å²) < 4.78 is 5.39. The summed E-state index contributed by atoms with van der Waals surface area (Å²) in [6.45, 7) is 5.98. The largest absolute Gasteiger partial charge is 0.453 e. The van der Waals surface area contributed by atoms with E-state index in [0.29, 0.717) is 16.7 Å². The molecule has 1 aromatic carbocycles. The van der Waals surface area contributed by atoms with Crippen LogP contribution in [0.5, 0.6) is 0 Å². The van der Waals surface area contributed by atoms with E-state index in [0.717, 1.165) is 5.56 Å². The van der Waals surface area contributed by atoms with Gasteiger partial charge in [-0.15, -0.1) is 17.9 Å². The van der Waals surface area contributed by atoms with Gasteiger partial charge in [-0.05, 0) is 13.0 Å². The number of hydrogen-bond donors (Lipinski definition) is 1. The summed E-state index contributed by atoms with van der Waals surface area (Å²) in [4.78, 5) is 16.2. The first-order chi connectivity index (χ1) is 10.1. The maximum atomic E-state index is 12.1. The number of halogens is 1. The van der Waals surface area contributed by atoms with E-state index in [4.69, 9.17) is 16.3 Å². The van der Waals surface area contributed by atoms with E-state index in [1.165, 1.54) is 11.3 Å². The SMILES string of the molecule is C=CCNc1nc(C(=O)O[C@H](C)c2ccccc2Cl)cs1. The lowest BCUT2D eigenvalue weighted by Crippen LogP contribution is -2.10. The Labute approximate surface area is 132 Å². The molecule has 21 heavy (non-hydrogen) atoms. The zero-order chi connectivity index (χ0) is 15.2. The Balaban J connectivity index is 2.02. The zero-order valence-electron chi connectivity index (χ0n) is 11.5. The molecule has 0 aliphatic rings. The molecule has 110 valence electrons. The molecule has 0 saturated carbocycles. The van der Waals surface area contributed by atoms with E-state index in [-0.39, 0.29) is 5.69 Å². The third-order valence-corrected chi connectivity index (χ3v) is 3.88. The van der Waals surface area contributed by atoms with Crippen molar-refractivity contribution >= 4 is 34.0 Å². The topological polar surface area (TPSA) is 51.2 Å². The number of nitrogens with one attached hydrogen (secondary N) is 1. The normalized spacial score (nSPS) is 11.7. The van der Waals surface area contributed by atoms with Crippen molar-refractivity contribution in [2.24, 2.45) is 0 Å². The Kier molecular flexibility index (Phi) is 5.36. The third-order valence-electron chi connectivity index (χ3n) is 2.74. The summed E-state index contributed by atoms with van der Waals surface area (Å²) in [7, 11) is 0.